The molecule has 2 aromatic rings. The molecular weight excluding hydrogens is 244 g/mol. The summed E-state index contributed by atoms with van der Waals surface area (Å²) in [6, 6.07) is 4.58. The molecule has 0 saturated carbocycles. The molecule has 0 saturated heterocycles. The van der Waals surface area contributed by atoms with Gasteiger partial charge >= 0.3 is 0 Å². The summed E-state index contributed by atoms with van der Waals surface area (Å²) in [4.78, 5) is 4.29. The van der Waals surface area contributed by atoms with Gasteiger partial charge in [-0.1, -0.05) is 22.9 Å². The Morgan fingerprint density at radius 1 is 1.50 bits per heavy atom. The molecule has 1 heterocycles. The lowest BCUT2D eigenvalue weighted by molar-refractivity contribution is 0.616. The zero-order chi connectivity index (χ0) is 10.1. The van der Waals surface area contributed by atoms with E-state index in [1.807, 2.05) is 6.07 Å². The van der Waals surface area contributed by atoms with Crippen LogP contribution in [0.1, 0.15) is 12.5 Å². The molecule has 2 rings (SSSR count). The molecule has 0 aliphatic carbocycles. The maximum absolute atomic E-state index is 5.55. The first-order chi connectivity index (χ1) is 6.74. The van der Waals surface area contributed by atoms with Crippen molar-refractivity contribution in [3.05, 3.63) is 22.2 Å². The molecule has 14 heavy (non-hydrogen) atoms. The van der Waals surface area contributed by atoms with Crippen molar-refractivity contribution in [3.63, 3.8) is 0 Å². The van der Waals surface area contributed by atoms with E-state index in [4.69, 9.17) is 4.42 Å². The molecule has 1 N–H and O–H groups in total. The van der Waals surface area contributed by atoms with Gasteiger partial charge in [-0.2, -0.15) is 4.98 Å². The largest absolute Gasteiger partial charge is 0.423 e. The van der Waals surface area contributed by atoms with Crippen molar-refractivity contribution in [1.82, 2.24) is 4.98 Å². The Hall–Kier alpha value is -1.03. The monoisotopic (exact) mass is 254 g/mol. The van der Waals surface area contributed by atoms with Crippen molar-refractivity contribution >= 4 is 33.0 Å². The fourth-order valence-electron chi connectivity index (χ4n) is 1.43. The van der Waals surface area contributed by atoms with E-state index in [1.54, 1.807) is 7.05 Å². The van der Waals surface area contributed by atoms with Gasteiger partial charge in [-0.3, -0.25) is 0 Å². The lowest BCUT2D eigenvalue weighted by Crippen LogP contribution is -1.85. The molecule has 4 heteroatoms. The summed E-state index contributed by atoms with van der Waals surface area (Å²) in [5.74, 6) is 0. The number of aromatic nitrogens is 1. The second-order valence-corrected chi connectivity index (χ2v) is 3.95. The van der Waals surface area contributed by atoms with E-state index >= 15 is 0 Å². The predicted octanol–water partition coefficient (Wildman–Crippen LogP) is 3.19. The molecule has 0 fully saturated rings. The molecule has 0 atom stereocenters. The van der Waals surface area contributed by atoms with Crippen LogP contribution in [0.5, 0.6) is 0 Å². The minimum atomic E-state index is 0.563. The van der Waals surface area contributed by atoms with Crippen molar-refractivity contribution in [2.75, 3.05) is 12.4 Å². The van der Waals surface area contributed by atoms with Crippen LogP contribution in [0.4, 0.5) is 6.01 Å². The van der Waals surface area contributed by atoms with Crippen LogP contribution in [0, 0.1) is 0 Å². The normalized spacial score (nSPS) is 10.8. The molecule has 0 unspecified atom stereocenters. The quantitative estimate of drug-likeness (QED) is 0.895. The van der Waals surface area contributed by atoms with Gasteiger partial charge in [0.15, 0.2) is 5.58 Å². The fraction of sp³-hybridized carbons (Fsp3) is 0.300. The Morgan fingerprint density at radius 3 is 2.93 bits per heavy atom. The smallest absolute Gasteiger partial charge is 0.295 e. The third kappa shape index (κ3) is 1.50. The minimum absolute atomic E-state index is 0.563. The highest BCUT2D eigenvalue weighted by Crippen LogP contribution is 2.26. The van der Waals surface area contributed by atoms with E-state index in [0.717, 1.165) is 22.0 Å². The van der Waals surface area contributed by atoms with Gasteiger partial charge in [0.1, 0.15) is 5.52 Å². The van der Waals surface area contributed by atoms with Crippen molar-refractivity contribution in [1.29, 1.82) is 0 Å². The van der Waals surface area contributed by atoms with Crippen LogP contribution in [0.3, 0.4) is 0 Å². The van der Waals surface area contributed by atoms with E-state index in [9.17, 15) is 0 Å². The minimum Gasteiger partial charge on any atom is -0.423 e. The summed E-state index contributed by atoms with van der Waals surface area (Å²) in [7, 11) is 1.80. The van der Waals surface area contributed by atoms with Crippen LogP contribution in [0.2, 0.25) is 0 Å². The molecule has 0 aliphatic rings. The van der Waals surface area contributed by atoms with Gasteiger partial charge < -0.3 is 9.73 Å². The van der Waals surface area contributed by atoms with Gasteiger partial charge in [0, 0.05) is 11.5 Å². The molecule has 0 amide bonds. The molecule has 0 spiro atoms. The summed E-state index contributed by atoms with van der Waals surface area (Å²) in [5.41, 5.74) is 2.93. The van der Waals surface area contributed by atoms with Crippen LogP contribution < -0.4 is 5.32 Å². The van der Waals surface area contributed by atoms with Crippen LogP contribution >= 0.6 is 15.9 Å². The molecule has 0 bridgehead atoms. The topological polar surface area (TPSA) is 38.1 Å². The van der Waals surface area contributed by atoms with Gasteiger partial charge in [-0.25, -0.2) is 0 Å². The number of rotatable bonds is 2. The second kappa shape index (κ2) is 3.61. The van der Waals surface area contributed by atoms with Gasteiger partial charge in [0.05, 0.1) is 0 Å². The maximum Gasteiger partial charge on any atom is 0.295 e. The van der Waals surface area contributed by atoms with Crippen LogP contribution in [-0.2, 0) is 6.42 Å². The summed E-state index contributed by atoms with van der Waals surface area (Å²) >= 11 is 3.45. The molecule has 0 aliphatic heterocycles. The molecule has 1 aromatic carbocycles. The van der Waals surface area contributed by atoms with Crippen molar-refractivity contribution in [2.45, 2.75) is 13.3 Å². The second-order valence-electron chi connectivity index (χ2n) is 3.04. The molecule has 74 valence electrons. The van der Waals surface area contributed by atoms with Gasteiger partial charge in [0.2, 0.25) is 0 Å². The Labute approximate surface area is 90.6 Å². The van der Waals surface area contributed by atoms with Crippen LogP contribution in [0.25, 0.3) is 11.1 Å². The highest BCUT2D eigenvalue weighted by molar-refractivity contribution is 9.10. The molecular formula is C10H11BrN2O. The number of hydrogen-bond acceptors (Lipinski definition) is 3. The predicted molar refractivity (Wildman–Crippen MR) is 60.6 cm³/mol. The Morgan fingerprint density at radius 2 is 2.29 bits per heavy atom. The SMILES string of the molecule is CCc1cc(Br)cc2nc(NC)oc12. The van der Waals surface area contributed by atoms with Crippen molar-refractivity contribution in [3.8, 4) is 0 Å². The van der Waals surface area contributed by atoms with Gasteiger partial charge in [0.25, 0.3) is 6.01 Å². The maximum atomic E-state index is 5.55. The van der Waals surface area contributed by atoms with Crippen LogP contribution in [-0.4, -0.2) is 12.0 Å². The van der Waals surface area contributed by atoms with E-state index in [0.29, 0.717) is 6.01 Å². The number of oxazole rings is 1. The van der Waals surface area contributed by atoms with Crippen molar-refractivity contribution < 1.29 is 4.42 Å². The number of benzene rings is 1. The van der Waals surface area contributed by atoms with Crippen molar-refractivity contribution in [2.24, 2.45) is 0 Å². The summed E-state index contributed by atoms with van der Waals surface area (Å²) < 4.78 is 6.59. The summed E-state index contributed by atoms with van der Waals surface area (Å²) in [5, 5.41) is 2.89. The third-order valence-electron chi connectivity index (χ3n) is 2.13. The lowest BCUT2D eigenvalue weighted by atomic mass is 10.1. The molecule has 3 nitrogen and oxygen atoms in total. The van der Waals surface area contributed by atoms with Crippen LogP contribution in [0.15, 0.2) is 21.0 Å². The number of hydrogen-bond donors (Lipinski definition) is 1. The first-order valence-electron chi connectivity index (χ1n) is 4.51. The van der Waals surface area contributed by atoms with E-state index < -0.39 is 0 Å². The van der Waals surface area contributed by atoms with E-state index in [-0.39, 0.29) is 0 Å². The Balaban J connectivity index is 2.71. The first-order valence-corrected chi connectivity index (χ1v) is 5.30. The number of nitrogens with zero attached hydrogens (tertiary/aromatic N) is 1. The number of halogens is 1. The first kappa shape index (κ1) is 9.52. The average Bonchev–Trinajstić information content (AvgIpc) is 2.59. The number of nitrogens with one attached hydrogen (secondary N) is 1. The summed E-state index contributed by atoms with van der Waals surface area (Å²) in [6.45, 7) is 2.10. The zero-order valence-electron chi connectivity index (χ0n) is 8.10. The van der Waals surface area contributed by atoms with Gasteiger partial charge in [-0.05, 0) is 24.1 Å². The molecule has 0 radical (unpaired) electrons. The number of anilines is 1. The average molecular weight is 255 g/mol. The zero-order valence-corrected chi connectivity index (χ0v) is 9.68. The highest BCUT2D eigenvalue weighted by Gasteiger charge is 2.09. The summed E-state index contributed by atoms with van der Waals surface area (Å²) in [6.07, 6.45) is 0.939. The standard InChI is InChI=1S/C10H11BrN2O/c1-3-6-4-7(11)5-8-9(6)14-10(12-2)13-8/h4-5H,3H2,1-2H3,(H,12,13). The third-order valence-corrected chi connectivity index (χ3v) is 2.58. The van der Waals surface area contributed by atoms with E-state index in [1.165, 1.54) is 5.56 Å². The lowest BCUT2D eigenvalue weighted by Gasteiger charge is -1.97. The van der Waals surface area contributed by atoms with E-state index in [2.05, 4.69) is 39.2 Å². The number of fused-ring (bicyclic) bond motifs is 1. The highest BCUT2D eigenvalue weighted by atomic mass is 79.9. The fourth-order valence-corrected chi connectivity index (χ4v) is 1.93. The number of aryl methyl sites for hydroxylation is 1. The molecule has 1 aromatic heterocycles. The Kier molecular flexibility index (Phi) is 2.46. The van der Waals surface area contributed by atoms with Gasteiger partial charge in [-0.15, -0.1) is 0 Å². The Bertz CT molecular complexity index is 464.